The minimum absolute atomic E-state index is 0.0258. The molecule has 1 atom stereocenters. The SMILES string of the molecule is COC(=O)CC(NC(C)(C)C)C(=O)C(C)(C)C. The number of rotatable bonds is 4. The number of methoxy groups -OCH3 is 1. The van der Waals surface area contributed by atoms with Crippen molar-refractivity contribution in [3.63, 3.8) is 0 Å². The smallest absolute Gasteiger partial charge is 0.307 e. The Hall–Kier alpha value is -0.900. The van der Waals surface area contributed by atoms with Crippen LogP contribution in [0, 0.1) is 5.41 Å². The molecule has 4 heteroatoms. The van der Waals surface area contributed by atoms with E-state index in [0.717, 1.165) is 0 Å². The molecule has 1 unspecified atom stereocenters. The molecule has 4 nitrogen and oxygen atoms in total. The Morgan fingerprint density at radius 2 is 1.59 bits per heavy atom. The molecule has 0 amide bonds. The van der Waals surface area contributed by atoms with Crippen molar-refractivity contribution in [2.45, 2.75) is 59.5 Å². The predicted molar refractivity (Wildman–Crippen MR) is 67.8 cm³/mol. The minimum atomic E-state index is -0.498. The maximum atomic E-state index is 12.2. The van der Waals surface area contributed by atoms with Gasteiger partial charge in [0.2, 0.25) is 0 Å². The van der Waals surface area contributed by atoms with Gasteiger partial charge in [-0.15, -0.1) is 0 Å². The highest BCUT2D eigenvalue weighted by atomic mass is 16.5. The first-order chi connectivity index (χ1) is 7.47. The first-order valence-corrected chi connectivity index (χ1v) is 5.86. The Morgan fingerprint density at radius 1 is 1.12 bits per heavy atom. The molecule has 0 rings (SSSR count). The fraction of sp³-hybridized carbons (Fsp3) is 0.846. The second-order valence-corrected chi connectivity index (χ2v) is 6.34. The second kappa shape index (κ2) is 5.63. The highest BCUT2D eigenvalue weighted by Gasteiger charge is 2.33. The van der Waals surface area contributed by atoms with Crippen LogP contribution in [0.5, 0.6) is 0 Å². The molecule has 0 radical (unpaired) electrons. The molecule has 17 heavy (non-hydrogen) atoms. The zero-order valence-corrected chi connectivity index (χ0v) is 12.0. The van der Waals surface area contributed by atoms with Crippen molar-refractivity contribution >= 4 is 11.8 Å². The number of Topliss-reactive ketones (excluding diaryl/α,β-unsaturated/α-hetero) is 1. The molecule has 0 aromatic rings. The number of carbonyl (C=O) groups is 2. The van der Waals surface area contributed by atoms with E-state index in [9.17, 15) is 9.59 Å². The monoisotopic (exact) mass is 243 g/mol. The number of ketones is 1. The first kappa shape index (κ1) is 16.1. The Labute approximate surface area is 104 Å². The van der Waals surface area contributed by atoms with Crippen molar-refractivity contribution in [3.05, 3.63) is 0 Å². The molecular weight excluding hydrogens is 218 g/mol. The van der Waals surface area contributed by atoms with Gasteiger partial charge in [0.15, 0.2) is 5.78 Å². The van der Waals surface area contributed by atoms with Crippen LogP contribution in [0.15, 0.2) is 0 Å². The number of nitrogens with one attached hydrogen (secondary N) is 1. The number of carbonyl (C=O) groups excluding carboxylic acids is 2. The van der Waals surface area contributed by atoms with E-state index >= 15 is 0 Å². The van der Waals surface area contributed by atoms with Gasteiger partial charge < -0.3 is 10.1 Å². The summed E-state index contributed by atoms with van der Waals surface area (Å²) in [7, 11) is 1.33. The quantitative estimate of drug-likeness (QED) is 0.766. The normalized spacial score (nSPS) is 14.3. The Bertz CT molecular complexity index is 284. The molecule has 0 aliphatic rings. The summed E-state index contributed by atoms with van der Waals surface area (Å²) in [4.78, 5) is 23.5. The van der Waals surface area contributed by atoms with E-state index < -0.39 is 11.5 Å². The van der Waals surface area contributed by atoms with Crippen LogP contribution in [-0.4, -0.2) is 30.4 Å². The van der Waals surface area contributed by atoms with Crippen LogP contribution in [0.1, 0.15) is 48.0 Å². The van der Waals surface area contributed by atoms with Crippen molar-refractivity contribution in [1.29, 1.82) is 0 Å². The molecule has 0 fully saturated rings. The summed E-state index contributed by atoms with van der Waals surface area (Å²) in [6.45, 7) is 11.4. The van der Waals surface area contributed by atoms with Gasteiger partial charge in [-0.2, -0.15) is 0 Å². The third-order valence-corrected chi connectivity index (χ3v) is 2.26. The van der Waals surface area contributed by atoms with Gasteiger partial charge in [-0.25, -0.2) is 0 Å². The molecule has 0 aromatic carbocycles. The van der Waals surface area contributed by atoms with Gasteiger partial charge in [0, 0.05) is 11.0 Å². The summed E-state index contributed by atoms with van der Waals surface area (Å²) >= 11 is 0. The zero-order valence-electron chi connectivity index (χ0n) is 12.0. The van der Waals surface area contributed by atoms with Crippen LogP contribution < -0.4 is 5.32 Å². The third kappa shape index (κ3) is 6.41. The van der Waals surface area contributed by atoms with Crippen molar-refractivity contribution in [1.82, 2.24) is 5.32 Å². The molecule has 0 saturated heterocycles. The van der Waals surface area contributed by atoms with E-state index in [4.69, 9.17) is 0 Å². The van der Waals surface area contributed by atoms with E-state index in [-0.39, 0.29) is 23.7 Å². The lowest BCUT2D eigenvalue weighted by Gasteiger charge is -2.31. The van der Waals surface area contributed by atoms with Crippen LogP contribution in [0.25, 0.3) is 0 Å². The summed E-state index contributed by atoms with van der Waals surface area (Å²) in [6, 6.07) is -0.498. The Kier molecular flexibility index (Phi) is 5.33. The van der Waals surface area contributed by atoms with Crippen LogP contribution >= 0.6 is 0 Å². The van der Waals surface area contributed by atoms with E-state index in [2.05, 4.69) is 10.1 Å². The Balaban J connectivity index is 4.86. The molecule has 100 valence electrons. The van der Waals surface area contributed by atoms with Crippen molar-refractivity contribution < 1.29 is 14.3 Å². The summed E-state index contributed by atoms with van der Waals surface area (Å²) < 4.78 is 4.63. The molecule has 0 aliphatic heterocycles. The molecule has 0 bridgehead atoms. The lowest BCUT2D eigenvalue weighted by molar-refractivity contribution is -0.144. The summed E-state index contributed by atoms with van der Waals surface area (Å²) in [5.74, 6) is -0.345. The van der Waals surface area contributed by atoms with Gasteiger partial charge in [-0.05, 0) is 20.8 Å². The minimum Gasteiger partial charge on any atom is -0.469 e. The van der Waals surface area contributed by atoms with Crippen molar-refractivity contribution in [3.8, 4) is 0 Å². The summed E-state index contributed by atoms with van der Waals surface area (Å²) in [6.07, 6.45) is 0.0733. The highest BCUT2D eigenvalue weighted by molar-refractivity contribution is 5.92. The molecule has 0 spiro atoms. The average molecular weight is 243 g/mol. The van der Waals surface area contributed by atoms with E-state index in [0.29, 0.717) is 0 Å². The largest absolute Gasteiger partial charge is 0.469 e. The highest BCUT2D eigenvalue weighted by Crippen LogP contribution is 2.20. The van der Waals surface area contributed by atoms with Gasteiger partial charge in [0.1, 0.15) is 0 Å². The number of hydrogen-bond donors (Lipinski definition) is 1. The number of hydrogen-bond acceptors (Lipinski definition) is 4. The van der Waals surface area contributed by atoms with Gasteiger partial charge in [0.05, 0.1) is 19.6 Å². The molecule has 0 saturated carbocycles. The second-order valence-electron chi connectivity index (χ2n) is 6.34. The topological polar surface area (TPSA) is 55.4 Å². The van der Waals surface area contributed by atoms with Crippen LogP contribution in [0.4, 0.5) is 0 Å². The van der Waals surface area contributed by atoms with Gasteiger partial charge in [0.25, 0.3) is 0 Å². The zero-order chi connectivity index (χ0) is 13.9. The molecule has 1 N–H and O–H groups in total. The van der Waals surface area contributed by atoms with Gasteiger partial charge in [-0.1, -0.05) is 20.8 Å². The number of ether oxygens (including phenoxy) is 1. The average Bonchev–Trinajstić information content (AvgIpc) is 2.11. The van der Waals surface area contributed by atoms with Gasteiger partial charge >= 0.3 is 5.97 Å². The molecule has 0 aliphatic carbocycles. The van der Waals surface area contributed by atoms with Gasteiger partial charge in [-0.3, -0.25) is 9.59 Å². The predicted octanol–water partition coefficient (Wildman–Crippen LogP) is 1.92. The maximum absolute atomic E-state index is 12.2. The van der Waals surface area contributed by atoms with Crippen LogP contribution in [0.2, 0.25) is 0 Å². The van der Waals surface area contributed by atoms with Crippen molar-refractivity contribution in [2.24, 2.45) is 5.41 Å². The van der Waals surface area contributed by atoms with E-state index in [1.807, 2.05) is 41.5 Å². The fourth-order valence-electron chi connectivity index (χ4n) is 1.50. The summed E-state index contributed by atoms with van der Waals surface area (Å²) in [5, 5.41) is 3.18. The molecule has 0 heterocycles. The van der Waals surface area contributed by atoms with Crippen LogP contribution in [-0.2, 0) is 14.3 Å². The molecular formula is C13H25NO3. The number of esters is 1. The lowest BCUT2D eigenvalue weighted by Crippen LogP contribution is -2.51. The lowest BCUT2D eigenvalue weighted by atomic mass is 9.84. The first-order valence-electron chi connectivity index (χ1n) is 5.86. The maximum Gasteiger partial charge on any atom is 0.307 e. The van der Waals surface area contributed by atoms with Crippen molar-refractivity contribution in [2.75, 3.05) is 7.11 Å². The van der Waals surface area contributed by atoms with E-state index in [1.54, 1.807) is 0 Å². The van der Waals surface area contributed by atoms with Crippen LogP contribution in [0.3, 0.4) is 0 Å². The third-order valence-electron chi connectivity index (χ3n) is 2.26. The Morgan fingerprint density at radius 3 is 1.88 bits per heavy atom. The fourth-order valence-corrected chi connectivity index (χ4v) is 1.50. The van der Waals surface area contributed by atoms with E-state index in [1.165, 1.54) is 7.11 Å². The molecule has 0 aromatic heterocycles. The summed E-state index contributed by atoms with van der Waals surface area (Å²) in [5.41, 5.74) is -0.698. The standard InChI is InChI=1S/C13H25NO3/c1-12(2,3)11(16)9(8-10(15)17-7)14-13(4,5)6/h9,14H,8H2,1-7H3.